The molecular formula is C40H42F3N5O4. The topological polar surface area (TPSA) is 109 Å². The van der Waals surface area contributed by atoms with E-state index in [1.54, 1.807) is 42.2 Å². The van der Waals surface area contributed by atoms with Gasteiger partial charge in [0.2, 0.25) is 5.91 Å². The number of nitrogens with one attached hydrogen (secondary N) is 1. The molecule has 1 heterocycles. The minimum atomic E-state index is -4.48. The zero-order valence-electron chi connectivity index (χ0n) is 29.5. The summed E-state index contributed by atoms with van der Waals surface area (Å²) in [5.41, 5.74) is 3.70. The number of aliphatic hydroxyl groups excluding tert-OH is 1. The van der Waals surface area contributed by atoms with Crippen LogP contribution in [0.15, 0.2) is 91.0 Å². The van der Waals surface area contributed by atoms with Gasteiger partial charge in [0.25, 0.3) is 5.91 Å². The highest BCUT2D eigenvalue weighted by atomic mass is 19.4. The second-order valence-electron chi connectivity index (χ2n) is 13.3. The average Bonchev–Trinajstić information content (AvgIpc) is 3.13. The van der Waals surface area contributed by atoms with Gasteiger partial charge in [-0.05, 0) is 85.8 Å². The van der Waals surface area contributed by atoms with E-state index in [-0.39, 0.29) is 41.9 Å². The minimum Gasteiger partial charge on any atom is -0.486 e. The van der Waals surface area contributed by atoms with Crippen LogP contribution in [0.1, 0.15) is 46.5 Å². The molecule has 0 fully saturated rings. The second kappa shape index (κ2) is 16.3. The van der Waals surface area contributed by atoms with E-state index >= 15 is 0 Å². The van der Waals surface area contributed by atoms with E-state index in [9.17, 15) is 27.9 Å². The maximum absolute atomic E-state index is 13.8. The fourth-order valence-corrected chi connectivity index (χ4v) is 6.17. The van der Waals surface area contributed by atoms with E-state index in [1.807, 2.05) is 50.2 Å². The monoisotopic (exact) mass is 713 g/mol. The number of aliphatic hydroxyl groups is 1. The molecule has 4 aromatic carbocycles. The predicted molar refractivity (Wildman–Crippen MR) is 193 cm³/mol. The van der Waals surface area contributed by atoms with Crippen molar-refractivity contribution >= 4 is 28.9 Å². The molecule has 2 amide bonds. The number of nitrogens with zero attached hydrogens (tertiary/aromatic N) is 4. The number of anilines is 3. The Balaban J connectivity index is 1.33. The molecule has 0 unspecified atom stereocenters. The molecule has 0 aromatic heterocycles. The van der Waals surface area contributed by atoms with E-state index < -0.39 is 29.8 Å². The fourth-order valence-electron chi connectivity index (χ4n) is 6.17. The third-order valence-electron chi connectivity index (χ3n) is 9.26. The Morgan fingerprint density at radius 3 is 2.21 bits per heavy atom. The molecule has 5 rings (SSSR count). The standard InChI is InChI=1S/C40H42F3N5O4/c1-26-22-48(27(2)25-49)39(51)34-6-5-7-35(45-37(50)20-28-8-14-31(15-9-28)40(41,42)43)38(34)52-36(26)24-46(3)23-30-12-18-33(19-13-30)47(4)32-16-10-29(21-44)11-17-32/h5-19,26-27,36,49H,20,22-25H2,1-4H3,(H,45,50)/t26-,27+,36-/m1/s1. The van der Waals surface area contributed by atoms with Crippen molar-refractivity contribution in [2.75, 3.05) is 44.0 Å². The van der Waals surface area contributed by atoms with Gasteiger partial charge in [-0.15, -0.1) is 0 Å². The number of para-hydroxylation sites is 1. The van der Waals surface area contributed by atoms with E-state index in [1.165, 1.54) is 12.1 Å². The number of fused-ring (bicyclic) bond motifs is 1. The number of carbonyl (C=O) groups excluding carboxylic acids is 2. The Kier molecular flexibility index (Phi) is 11.9. The normalized spacial score (nSPS) is 16.6. The number of ether oxygens (including phenoxy) is 1. The van der Waals surface area contributed by atoms with Crippen molar-refractivity contribution in [2.45, 2.75) is 45.1 Å². The number of nitriles is 1. The first kappa shape index (κ1) is 37.9. The lowest BCUT2D eigenvalue weighted by Gasteiger charge is -2.38. The van der Waals surface area contributed by atoms with Crippen LogP contribution in [-0.2, 0) is 23.9 Å². The molecule has 0 aliphatic carbocycles. The van der Waals surface area contributed by atoms with Crippen LogP contribution in [-0.4, -0.2) is 72.7 Å². The van der Waals surface area contributed by atoms with Crippen molar-refractivity contribution in [3.8, 4) is 11.8 Å². The fraction of sp³-hybridized carbons (Fsp3) is 0.325. The summed E-state index contributed by atoms with van der Waals surface area (Å²) in [4.78, 5) is 32.8. The third-order valence-corrected chi connectivity index (χ3v) is 9.26. The van der Waals surface area contributed by atoms with Crippen molar-refractivity contribution in [3.05, 3.63) is 119 Å². The van der Waals surface area contributed by atoms with Crippen LogP contribution in [0.3, 0.4) is 0 Å². The molecule has 3 atom stereocenters. The number of benzene rings is 4. The van der Waals surface area contributed by atoms with Crippen LogP contribution in [0.5, 0.6) is 5.75 Å². The summed E-state index contributed by atoms with van der Waals surface area (Å²) in [5, 5.41) is 21.9. The molecule has 1 aliphatic heterocycles. The van der Waals surface area contributed by atoms with Gasteiger partial charge in [0.1, 0.15) is 6.10 Å². The number of rotatable bonds is 11. The van der Waals surface area contributed by atoms with E-state index in [0.29, 0.717) is 30.8 Å². The highest BCUT2D eigenvalue weighted by Crippen LogP contribution is 2.35. The van der Waals surface area contributed by atoms with Crippen molar-refractivity contribution in [3.63, 3.8) is 0 Å². The van der Waals surface area contributed by atoms with Gasteiger partial charge in [0.15, 0.2) is 5.75 Å². The third kappa shape index (κ3) is 9.09. The maximum Gasteiger partial charge on any atom is 0.416 e. The van der Waals surface area contributed by atoms with Crippen LogP contribution in [0.25, 0.3) is 0 Å². The van der Waals surface area contributed by atoms with Gasteiger partial charge in [-0.1, -0.05) is 37.3 Å². The van der Waals surface area contributed by atoms with E-state index in [2.05, 4.69) is 28.4 Å². The summed E-state index contributed by atoms with van der Waals surface area (Å²) in [6.07, 6.45) is -5.10. The van der Waals surface area contributed by atoms with Gasteiger partial charge in [0.05, 0.1) is 47.5 Å². The molecule has 0 saturated carbocycles. The highest BCUT2D eigenvalue weighted by Gasteiger charge is 2.35. The van der Waals surface area contributed by atoms with Gasteiger partial charge >= 0.3 is 6.18 Å². The molecule has 0 spiro atoms. The quantitative estimate of drug-likeness (QED) is 0.175. The molecule has 2 N–H and O–H groups in total. The SMILES string of the molecule is C[C@@H]1CN([C@@H](C)CO)C(=O)c2cccc(NC(=O)Cc3ccc(C(F)(F)F)cc3)c2O[C@@H]1CN(C)Cc1ccc(N(C)c2ccc(C#N)cc2)cc1. The lowest BCUT2D eigenvalue weighted by Crippen LogP contribution is -2.49. The van der Waals surface area contributed by atoms with Gasteiger partial charge in [-0.25, -0.2) is 0 Å². The number of hydrogen-bond donors (Lipinski definition) is 2. The lowest BCUT2D eigenvalue weighted by atomic mass is 9.98. The van der Waals surface area contributed by atoms with Crippen molar-refractivity contribution < 1.29 is 32.6 Å². The van der Waals surface area contributed by atoms with Crippen LogP contribution >= 0.6 is 0 Å². The molecule has 0 saturated heterocycles. The molecular weight excluding hydrogens is 671 g/mol. The van der Waals surface area contributed by atoms with E-state index in [0.717, 1.165) is 29.1 Å². The van der Waals surface area contributed by atoms with Gasteiger partial charge in [-0.2, -0.15) is 18.4 Å². The molecule has 1 aliphatic rings. The van der Waals surface area contributed by atoms with Crippen LogP contribution < -0.4 is 15.0 Å². The van der Waals surface area contributed by atoms with Crippen LogP contribution in [0.4, 0.5) is 30.2 Å². The maximum atomic E-state index is 13.8. The van der Waals surface area contributed by atoms with Crippen molar-refractivity contribution in [2.24, 2.45) is 5.92 Å². The Morgan fingerprint density at radius 2 is 1.62 bits per heavy atom. The predicted octanol–water partition coefficient (Wildman–Crippen LogP) is 6.88. The van der Waals surface area contributed by atoms with Gasteiger partial charge in [-0.3, -0.25) is 14.5 Å². The summed E-state index contributed by atoms with van der Waals surface area (Å²) in [7, 11) is 3.94. The first-order valence-electron chi connectivity index (χ1n) is 17.0. The molecule has 4 aromatic rings. The smallest absolute Gasteiger partial charge is 0.416 e. The zero-order valence-corrected chi connectivity index (χ0v) is 29.5. The number of hydrogen-bond acceptors (Lipinski definition) is 7. The lowest BCUT2D eigenvalue weighted by molar-refractivity contribution is -0.137. The molecule has 52 heavy (non-hydrogen) atoms. The van der Waals surface area contributed by atoms with Crippen molar-refractivity contribution in [1.82, 2.24) is 9.80 Å². The Hall–Kier alpha value is -5.38. The summed E-state index contributed by atoms with van der Waals surface area (Å²) in [6, 6.07) is 26.5. The van der Waals surface area contributed by atoms with Crippen LogP contribution in [0, 0.1) is 17.2 Å². The number of halogens is 3. The van der Waals surface area contributed by atoms with Crippen molar-refractivity contribution in [1.29, 1.82) is 5.26 Å². The Labute approximate surface area is 301 Å². The van der Waals surface area contributed by atoms with Gasteiger partial charge in [0, 0.05) is 44.0 Å². The average molecular weight is 714 g/mol. The summed E-state index contributed by atoms with van der Waals surface area (Å²) in [5.74, 6) is -0.807. The Bertz CT molecular complexity index is 1890. The number of likely N-dealkylation sites (N-methyl/N-ethyl adjacent to an activating group) is 1. The summed E-state index contributed by atoms with van der Waals surface area (Å²) >= 11 is 0. The van der Waals surface area contributed by atoms with Crippen LogP contribution in [0.2, 0.25) is 0 Å². The molecule has 0 radical (unpaired) electrons. The first-order chi connectivity index (χ1) is 24.8. The summed E-state index contributed by atoms with van der Waals surface area (Å²) in [6.45, 7) is 4.91. The van der Waals surface area contributed by atoms with E-state index in [4.69, 9.17) is 10.00 Å². The highest BCUT2D eigenvalue weighted by molar-refractivity contribution is 6.02. The zero-order chi connectivity index (χ0) is 37.6. The largest absolute Gasteiger partial charge is 0.486 e. The number of amides is 2. The molecule has 9 nitrogen and oxygen atoms in total. The summed E-state index contributed by atoms with van der Waals surface area (Å²) < 4.78 is 45.7. The second-order valence-corrected chi connectivity index (χ2v) is 13.3. The number of alkyl halides is 3. The number of carbonyl (C=O) groups is 2. The molecule has 12 heteroatoms. The molecule has 0 bridgehead atoms. The minimum absolute atomic E-state index is 0.173. The Morgan fingerprint density at radius 1 is 1.00 bits per heavy atom. The first-order valence-corrected chi connectivity index (χ1v) is 17.0. The molecule has 272 valence electrons. The van der Waals surface area contributed by atoms with Gasteiger partial charge < -0.3 is 25.0 Å².